The highest BCUT2D eigenvalue weighted by atomic mass is 16.5. The third-order valence-electron chi connectivity index (χ3n) is 2.94. The van der Waals surface area contributed by atoms with Crippen LogP contribution in [0.3, 0.4) is 0 Å². The highest BCUT2D eigenvalue weighted by Crippen LogP contribution is 2.21. The molecule has 0 saturated heterocycles. The molecule has 0 aliphatic carbocycles. The number of carbonyl (C=O) groups excluding carboxylic acids is 1. The quantitative estimate of drug-likeness (QED) is 0.473. The van der Waals surface area contributed by atoms with E-state index in [1.807, 2.05) is 36.4 Å². The van der Waals surface area contributed by atoms with Crippen LogP contribution in [0, 0.1) is 4.91 Å². The van der Waals surface area contributed by atoms with E-state index in [-0.39, 0.29) is 12.3 Å². The van der Waals surface area contributed by atoms with Crippen LogP contribution < -0.4 is 0 Å². The number of benzene rings is 1. The molecule has 108 valence electrons. The standard InChI is InChI=1S/C16H16N2O3/c1-2-21-16(19)15(17-20)14-10-6-7-11-18(14)12-13-8-4-3-5-9-13/h3-11H,2,12H2,1H3/b15-14+. The molecule has 21 heavy (non-hydrogen) atoms. The van der Waals surface area contributed by atoms with Crippen LogP contribution in [0.1, 0.15) is 12.5 Å². The van der Waals surface area contributed by atoms with Gasteiger partial charge in [-0.1, -0.05) is 36.4 Å². The molecule has 0 spiro atoms. The lowest BCUT2D eigenvalue weighted by Gasteiger charge is -2.24. The van der Waals surface area contributed by atoms with Gasteiger partial charge in [-0.15, -0.1) is 4.91 Å². The minimum atomic E-state index is -0.708. The molecule has 1 aromatic carbocycles. The number of rotatable bonds is 5. The van der Waals surface area contributed by atoms with E-state index in [1.54, 1.807) is 30.2 Å². The molecule has 0 bridgehead atoms. The van der Waals surface area contributed by atoms with E-state index in [9.17, 15) is 9.70 Å². The van der Waals surface area contributed by atoms with Crippen molar-refractivity contribution in [2.24, 2.45) is 5.18 Å². The molecule has 1 heterocycles. The Hall–Kier alpha value is -2.69. The summed E-state index contributed by atoms with van der Waals surface area (Å²) in [7, 11) is 0. The Labute approximate surface area is 123 Å². The Morgan fingerprint density at radius 3 is 2.67 bits per heavy atom. The minimum Gasteiger partial charge on any atom is -0.461 e. The van der Waals surface area contributed by atoms with Crippen molar-refractivity contribution in [3.8, 4) is 0 Å². The normalized spacial score (nSPS) is 15.8. The predicted molar refractivity (Wildman–Crippen MR) is 79.7 cm³/mol. The number of nitroso groups, excluding NO2 is 1. The molecule has 5 nitrogen and oxygen atoms in total. The van der Waals surface area contributed by atoms with Gasteiger partial charge in [0.15, 0.2) is 0 Å². The summed E-state index contributed by atoms with van der Waals surface area (Å²) in [5, 5.41) is 2.85. The SMILES string of the molecule is CCOC(=O)/C(N=O)=C1/C=CC=CN1Cc1ccccc1. The van der Waals surface area contributed by atoms with Crippen molar-refractivity contribution in [2.45, 2.75) is 13.5 Å². The molecule has 0 amide bonds. The van der Waals surface area contributed by atoms with E-state index in [2.05, 4.69) is 5.18 Å². The highest BCUT2D eigenvalue weighted by molar-refractivity contribution is 5.89. The zero-order chi connectivity index (χ0) is 15.1. The second-order valence-electron chi connectivity index (χ2n) is 4.36. The lowest BCUT2D eigenvalue weighted by atomic mass is 10.1. The smallest absolute Gasteiger partial charge is 0.362 e. The summed E-state index contributed by atoms with van der Waals surface area (Å²) in [6, 6.07) is 9.76. The van der Waals surface area contributed by atoms with Crippen LogP contribution in [0.4, 0.5) is 0 Å². The molecule has 1 aliphatic rings. The summed E-state index contributed by atoms with van der Waals surface area (Å²) in [6.45, 7) is 2.42. The zero-order valence-electron chi connectivity index (χ0n) is 11.7. The van der Waals surface area contributed by atoms with Crippen LogP contribution in [-0.2, 0) is 16.1 Å². The van der Waals surface area contributed by atoms with E-state index in [0.717, 1.165) is 5.56 Å². The van der Waals surface area contributed by atoms with Crippen LogP contribution in [0.15, 0.2) is 71.3 Å². The molecule has 0 radical (unpaired) electrons. The van der Waals surface area contributed by atoms with Crippen molar-refractivity contribution in [3.05, 3.63) is 76.6 Å². The first-order chi connectivity index (χ1) is 10.3. The molecule has 2 rings (SSSR count). The van der Waals surface area contributed by atoms with Gasteiger partial charge in [0, 0.05) is 12.7 Å². The van der Waals surface area contributed by atoms with Gasteiger partial charge in [0.05, 0.1) is 12.3 Å². The zero-order valence-corrected chi connectivity index (χ0v) is 11.7. The van der Waals surface area contributed by atoms with Gasteiger partial charge in [-0.3, -0.25) is 0 Å². The van der Waals surface area contributed by atoms with Gasteiger partial charge in [0.2, 0.25) is 5.70 Å². The predicted octanol–water partition coefficient (Wildman–Crippen LogP) is 3.11. The number of esters is 1. The van der Waals surface area contributed by atoms with Crippen molar-refractivity contribution in [2.75, 3.05) is 6.61 Å². The van der Waals surface area contributed by atoms with Crippen LogP contribution in [0.2, 0.25) is 0 Å². The number of nitrogens with zero attached hydrogens (tertiary/aromatic N) is 2. The summed E-state index contributed by atoms with van der Waals surface area (Å²) >= 11 is 0. The van der Waals surface area contributed by atoms with Gasteiger partial charge in [-0.2, -0.15) is 0 Å². The van der Waals surface area contributed by atoms with Gasteiger partial charge in [-0.05, 0) is 29.8 Å². The second-order valence-corrected chi connectivity index (χ2v) is 4.36. The van der Waals surface area contributed by atoms with E-state index in [4.69, 9.17) is 4.74 Å². The van der Waals surface area contributed by atoms with Crippen LogP contribution >= 0.6 is 0 Å². The molecule has 0 saturated carbocycles. The van der Waals surface area contributed by atoms with Crippen molar-refractivity contribution in [1.29, 1.82) is 0 Å². The summed E-state index contributed by atoms with van der Waals surface area (Å²) in [5.41, 5.74) is 1.28. The number of ether oxygens (including phenoxy) is 1. The summed E-state index contributed by atoms with van der Waals surface area (Å²) in [4.78, 5) is 24.6. The maximum absolute atomic E-state index is 11.8. The first-order valence-corrected chi connectivity index (χ1v) is 6.66. The van der Waals surface area contributed by atoms with Crippen LogP contribution in [-0.4, -0.2) is 17.5 Å². The lowest BCUT2D eigenvalue weighted by Crippen LogP contribution is -2.21. The van der Waals surface area contributed by atoms with Crippen LogP contribution in [0.25, 0.3) is 0 Å². The molecule has 0 fully saturated rings. The highest BCUT2D eigenvalue weighted by Gasteiger charge is 2.21. The largest absolute Gasteiger partial charge is 0.461 e. The van der Waals surface area contributed by atoms with Gasteiger partial charge >= 0.3 is 5.97 Å². The molecular weight excluding hydrogens is 268 g/mol. The van der Waals surface area contributed by atoms with Gasteiger partial charge in [0.25, 0.3) is 0 Å². The van der Waals surface area contributed by atoms with E-state index < -0.39 is 5.97 Å². The summed E-state index contributed by atoms with van der Waals surface area (Å²) in [5.74, 6) is -0.708. The fourth-order valence-electron chi connectivity index (χ4n) is 2.00. The monoisotopic (exact) mass is 284 g/mol. The Morgan fingerprint density at radius 2 is 2.00 bits per heavy atom. The second kappa shape index (κ2) is 7.19. The van der Waals surface area contributed by atoms with Crippen molar-refractivity contribution in [1.82, 2.24) is 4.90 Å². The van der Waals surface area contributed by atoms with Gasteiger partial charge < -0.3 is 9.64 Å². The van der Waals surface area contributed by atoms with Gasteiger partial charge in [0.1, 0.15) is 0 Å². The third kappa shape index (κ3) is 3.66. The number of hydrogen-bond acceptors (Lipinski definition) is 5. The summed E-state index contributed by atoms with van der Waals surface area (Å²) in [6.07, 6.45) is 7.06. The molecule has 0 aromatic heterocycles. The minimum absolute atomic E-state index is 0.198. The summed E-state index contributed by atoms with van der Waals surface area (Å²) < 4.78 is 4.87. The lowest BCUT2D eigenvalue weighted by molar-refractivity contribution is -0.138. The first kappa shape index (κ1) is 14.7. The number of carbonyl (C=O) groups is 1. The molecule has 1 aliphatic heterocycles. The maximum Gasteiger partial charge on any atom is 0.362 e. The first-order valence-electron chi connectivity index (χ1n) is 6.66. The molecule has 0 atom stereocenters. The van der Waals surface area contributed by atoms with Crippen LogP contribution in [0.5, 0.6) is 0 Å². The fraction of sp³-hybridized carbons (Fsp3) is 0.188. The van der Waals surface area contributed by atoms with Crippen molar-refractivity contribution >= 4 is 5.97 Å². The molecule has 1 aromatic rings. The van der Waals surface area contributed by atoms with Gasteiger partial charge in [-0.25, -0.2) is 4.79 Å². The Bertz CT molecular complexity index is 603. The topological polar surface area (TPSA) is 59.0 Å². The molecule has 5 heteroatoms. The molecule has 0 unspecified atom stereocenters. The average Bonchev–Trinajstić information content (AvgIpc) is 2.51. The van der Waals surface area contributed by atoms with E-state index >= 15 is 0 Å². The van der Waals surface area contributed by atoms with Crippen molar-refractivity contribution < 1.29 is 9.53 Å². The number of allylic oxidation sites excluding steroid dienone is 3. The Morgan fingerprint density at radius 1 is 1.24 bits per heavy atom. The van der Waals surface area contributed by atoms with Crippen molar-refractivity contribution in [3.63, 3.8) is 0 Å². The van der Waals surface area contributed by atoms with E-state index in [1.165, 1.54) is 0 Å². The van der Waals surface area contributed by atoms with E-state index in [0.29, 0.717) is 12.2 Å². The molecule has 0 N–H and O–H groups in total. The Kier molecular flexibility index (Phi) is 5.04. The third-order valence-corrected chi connectivity index (χ3v) is 2.94. The average molecular weight is 284 g/mol. The Balaban J connectivity index is 2.30. The number of hydrogen-bond donors (Lipinski definition) is 0. The maximum atomic E-state index is 11.8. The fourth-order valence-corrected chi connectivity index (χ4v) is 2.00. The molecular formula is C16H16N2O3.